The number of pyridine rings is 1. The van der Waals surface area contributed by atoms with Gasteiger partial charge in [-0.1, -0.05) is 24.3 Å². The van der Waals surface area contributed by atoms with Crippen LogP contribution in [0.2, 0.25) is 0 Å². The van der Waals surface area contributed by atoms with Crippen LogP contribution in [0.25, 0.3) is 5.69 Å². The summed E-state index contributed by atoms with van der Waals surface area (Å²) in [5.74, 6) is 1.62. The number of rotatable bonds is 4. The van der Waals surface area contributed by atoms with Gasteiger partial charge in [0.15, 0.2) is 5.82 Å². The molecule has 4 heterocycles. The maximum absolute atomic E-state index is 9.51. The Morgan fingerprint density at radius 3 is 2.86 bits per heavy atom. The maximum Gasteiger partial charge on any atom is 0.232 e. The van der Waals surface area contributed by atoms with Gasteiger partial charge in [-0.2, -0.15) is 0 Å². The van der Waals surface area contributed by atoms with Crippen molar-refractivity contribution in [3.05, 3.63) is 65.7 Å². The van der Waals surface area contributed by atoms with Crippen LogP contribution in [-0.2, 0) is 6.54 Å². The van der Waals surface area contributed by atoms with Crippen LogP contribution in [0.4, 0.5) is 5.95 Å². The lowest BCUT2D eigenvalue weighted by Gasteiger charge is -2.36. The first kappa shape index (κ1) is 18.0. The predicted octanol–water partition coefficient (Wildman–Crippen LogP) is 1.17. The van der Waals surface area contributed by atoms with Crippen LogP contribution in [0.5, 0.6) is 0 Å². The van der Waals surface area contributed by atoms with E-state index < -0.39 is 0 Å². The summed E-state index contributed by atoms with van der Waals surface area (Å²) in [6.45, 7) is 3.10. The van der Waals surface area contributed by atoms with Crippen molar-refractivity contribution in [1.82, 2.24) is 25.1 Å². The molecule has 8 nitrogen and oxygen atoms in total. The molecule has 29 heavy (non-hydrogen) atoms. The Balaban J connectivity index is 1.63. The summed E-state index contributed by atoms with van der Waals surface area (Å²) in [7, 11) is 0. The van der Waals surface area contributed by atoms with Gasteiger partial charge in [-0.05, 0) is 24.6 Å². The van der Waals surface area contributed by atoms with Crippen LogP contribution in [-0.4, -0.2) is 62.8 Å². The van der Waals surface area contributed by atoms with Gasteiger partial charge in [-0.15, -0.1) is 10.2 Å². The van der Waals surface area contributed by atoms with Crippen molar-refractivity contribution >= 4 is 11.7 Å². The van der Waals surface area contributed by atoms with Crippen LogP contribution in [0.3, 0.4) is 0 Å². The fourth-order valence-electron chi connectivity index (χ4n) is 4.10. The average molecular weight is 389 g/mol. The zero-order chi connectivity index (χ0) is 19.6. The molecule has 2 aliphatic rings. The quantitative estimate of drug-likeness (QED) is 0.696. The van der Waals surface area contributed by atoms with Crippen LogP contribution < -0.4 is 10.2 Å². The summed E-state index contributed by atoms with van der Waals surface area (Å²) in [6.07, 6.45) is 2.48. The Hall–Kier alpha value is -3.10. The summed E-state index contributed by atoms with van der Waals surface area (Å²) in [4.78, 5) is 11.6. The molecule has 0 aliphatic carbocycles. The number of hydrogen-bond acceptors (Lipinski definition) is 7. The number of aromatic nitrogens is 4. The topological polar surface area (TPSA) is 91.5 Å². The number of para-hydroxylation sites is 1. The number of aliphatic hydroxyl groups excluding tert-OH is 1. The summed E-state index contributed by atoms with van der Waals surface area (Å²) in [5, 5.41) is 21.9. The standard InChI is InChI=1S/C21H23N7O/c29-12-8-15-13-22-10-11-27(15)21-26-25-19-14-24-20(17-6-3-4-9-23-17)16-5-1-2-7-18(16)28(19)21/h1-7,9,15,22,29H,8,10-14H2. The molecular formula is C21H23N7O. The molecule has 0 amide bonds. The molecule has 3 aromatic rings. The number of hydrogen-bond donors (Lipinski definition) is 2. The van der Waals surface area contributed by atoms with Crippen molar-refractivity contribution in [3.8, 4) is 5.69 Å². The van der Waals surface area contributed by atoms with E-state index in [0.29, 0.717) is 13.0 Å². The van der Waals surface area contributed by atoms with Gasteiger partial charge in [0.2, 0.25) is 5.95 Å². The predicted molar refractivity (Wildman–Crippen MR) is 111 cm³/mol. The summed E-state index contributed by atoms with van der Waals surface area (Å²) < 4.78 is 2.12. The molecule has 2 N–H and O–H groups in total. The lowest BCUT2D eigenvalue weighted by atomic mass is 10.0. The second-order valence-corrected chi connectivity index (χ2v) is 7.21. The molecule has 0 bridgehead atoms. The van der Waals surface area contributed by atoms with Crippen molar-refractivity contribution in [2.45, 2.75) is 19.0 Å². The highest BCUT2D eigenvalue weighted by atomic mass is 16.3. The van der Waals surface area contributed by atoms with Gasteiger partial charge >= 0.3 is 0 Å². The molecule has 1 aromatic carbocycles. The van der Waals surface area contributed by atoms with E-state index in [0.717, 1.165) is 54.1 Å². The third kappa shape index (κ3) is 3.20. The number of benzene rings is 1. The summed E-state index contributed by atoms with van der Waals surface area (Å²) in [5.41, 5.74) is 3.73. The molecule has 0 radical (unpaired) electrons. The Labute approximate surface area is 168 Å². The van der Waals surface area contributed by atoms with Gasteiger partial charge in [0, 0.05) is 44.0 Å². The van der Waals surface area contributed by atoms with E-state index in [1.54, 1.807) is 6.20 Å². The first-order valence-electron chi connectivity index (χ1n) is 9.95. The monoisotopic (exact) mass is 389 g/mol. The van der Waals surface area contributed by atoms with Crippen molar-refractivity contribution < 1.29 is 5.11 Å². The highest BCUT2D eigenvalue weighted by Gasteiger charge is 2.30. The molecule has 8 heteroatoms. The Bertz CT molecular complexity index is 1030. The van der Waals surface area contributed by atoms with E-state index in [2.05, 4.69) is 42.1 Å². The highest BCUT2D eigenvalue weighted by Crippen LogP contribution is 2.29. The summed E-state index contributed by atoms with van der Waals surface area (Å²) >= 11 is 0. The van der Waals surface area contributed by atoms with Crippen molar-refractivity contribution in [1.29, 1.82) is 0 Å². The number of aliphatic hydroxyl groups is 1. The van der Waals surface area contributed by atoms with Crippen LogP contribution >= 0.6 is 0 Å². The molecule has 1 unspecified atom stereocenters. The molecule has 0 saturated carbocycles. The van der Waals surface area contributed by atoms with Crippen LogP contribution in [0.1, 0.15) is 23.5 Å². The van der Waals surface area contributed by atoms with E-state index in [1.807, 2.05) is 30.3 Å². The van der Waals surface area contributed by atoms with E-state index in [4.69, 9.17) is 4.99 Å². The molecule has 1 fully saturated rings. The second-order valence-electron chi connectivity index (χ2n) is 7.21. The first-order valence-corrected chi connectivity index (χ1v) is 9.95. The van der Waals surface area contributed by atoms with Crippen LogP contribution in [0.15, 0.2) is 53.7 Å². The van der Waals surface area contributed by atoms with Gasteiger partial charge in [0.05, 0.1) is 17.1 Å². The van der Waals surface area contributed by atoms with Crippen molar-refractivity contribution in [2.24, 2.45) is 4.99 Å². The molecule has 2 aromatic heterocycles. The highest BCUT2D eigenvalue weighted by molar-refractivity contribution is 6.14. The third-order valence-corrected chi connectivity index (χ3v) is 5.47. The molecule has 0 spiro atoms. The summed E-state index contributed by atoms with van der Waals surface area (Å²) in [6, 6.07) is 14.2. The minimum Gasteiger partial charge on any atom is -0.396 e. The zero-order valence-electron chi connectivity index (χ0n) is 16.1. The lowest BCUT2D eigenvalue weighted by Crippen LogP contribution is -2.52. The number of nitrogens with zero attached hydrogens (tertiary/aromatic N) is 6. The van der Waals surface area contributed by atoms with Gasteiger partial charge in [-0.25, -0.2) is 0 Å². The third-order valence-electron chi connectivity index (χ3n) is 5.47. The fraction of sp³-hybridized carbons (Fsp3) is 0.333. The smallest absolute Gasteiger partial charge is 0.232 e. The number of piperazine rings is 1. The van der Waals surface area contributed by atoms with Crippen LogP contribution in [0, 0.1) is 0 Å². The molecule has 5 rings (SSSR count). The number of fused-ring (bicyclic) bond motifs is 3. The van der Waals surface area contributed by atoms with E-state index in [9.17, 15) is 5.11 Å². The molecule has 148 valence electrons. The van der Waals surface area contributed by atoms with E-state index in [1.165, 1.54) is 0 Å². The van der Waals surface area contributed by atoms with Gasteiger partial charge < -0.3 is 15.3 Å². The minimum atomic E-state index is 0.146. The number of anilines is 1. The largest absolute Gasteiger partial charge is 0.396 e. The van der Waals surface area contributed by atoms with E-state index >= 15 is 0 Å². The molecule has 1 saturated heterocycles. The number of aliphatic imine (C=N–C) groups is 1. The average Bonchev–Trinajstić information content (AvgIpc) is 3.12. The van der Waals surface area contributed by atoms with Crippen molar-refractivity contribution in [2.75, 3.05) is 31.1 Å². The lowest BCUT2D eigenvalue weighted by molar-refractivity contribution is 0.265. The Morgan fingerprint density at radius 2 is 2.00 bits per heavy atom. The Morgan fingerprint density at radius 1 is 1.10 bits per heavy atom. The van der Waals surface area contributed by atoms with Crippen molar-refractivity contribution in [3.63, 3.8) is 0 Å². The van der Waals surface area contributed by atoms with Gasteiger partial charge in [0.25, 0.3) is 0 Å². The molecule has 1 atom stereocenters. The zero-order valence-corrected chi connectivity index (χ0v) is 16.1. The minimum absolute atomic E-state index is 0.146. The second kappa shape index (κ2) is 7.73. The maximum atomic E-state index is 9.51. The first-order chi connectivity index (χ1) is 14.4. The molecular weight excluding hydrogens is 366 g/mol. The Kier molecular flexibility index (Phi) is 4.79. The molecule has 2 aliphatic heterocycles. The fourth-order valence-corrected chi connectivity index (χ4v) is 4.10. The normalized spacial score (nSPS) is 18.6. The van der Waals surface area contributed by atoms with Gasteiger partial charge in [-0.3, -0.25) is 14.5 Å². The SMILES string of the molecule is OCCC1CNCCN1c1nnc2n1-c1ccccc1C(c1ccccn1)=NC2. The number of nitrogens with one attached hydrogen (secondary N) is 1. The van der Waals surface area contributed by atoms with E-state index in [-0.39, 0.29) is 12.6 Å². The van der Waals surface area contributed by atoms with Gasteiger partial charge in [0.1, 0.15) is 6.54 Å².